The van der Waals surface area contributed by atoms with Gasteiger partial charge >= 0.3 is 0 Å². The lowest BCUT2D eigenvalue weighted by atomic mass is 10.1. The van der Waals surface area contributed by atoms with E-state index >= 15 is 0 Å². The van der Waals surface area contributed by atoms with Gasteiger partial charge in [-0.3, -0.25) is 10.3 Å². The molecule has 0 amide bonds. The molecular formula is C15H26N4. The van der Waals surface area contributed by atoms with E-state index in [0.717, 1.165) is 31.7 Å². The van der Waals surface area contributed by atoms with Crippen LogP contribution in [0.5, 0.6) is 0 Å². The minimum absolute atomic E-state index is 0.129. The molecule has 0 aliphatic carbocycles. The molecule has 0 spiro atoms. The molecule has 0 radical (unpaired) electrons. The van der Waals surface area contributed by atoms with E-state index in [2.05, 4.69) is 43.0 Å². The van der Waals surface area contributed by atoms with Crippen LogP contribution in [0.25, 0.3) is 0 Å². The van der Waals surface area contributed by atoms with E-state index in [0.29, 0.717) is 0 Å². The molecule has 0 fully saturated rings. The third-order valence-electron chi connectivity index (χ3n) is 3.07. The number of rotatable bonds is 8. The molecule has 0 bridgehead atoms. The van der Waals surface area contributed by atoms with Gasteiger partial charge in [-0.25, -0.2) is 0 Å². The number of hydrogen-bond donors (Lipinski definition) is 2. The Balaban J connectivity index is 2.59. The second-order valence-electron chi connectivity index (χ2n) is 5.19. The fraction of sp³-hybridized carbons (Fsp3) is 0.533. The van der Waals surface area contributed by atoms with Crippen molar-refractivity contribution < 1.29 is 0 Å². The van der Waals surface area contributed by atoms with Crippen LogP contribution in [-0.4, -0.2) is 49.4 Å². The van der Waals surface area contributed by atoms with E-state index in [4.69, 9.17) is 11.1 Å². The highest BCUT2D eigenvalue weighted by Crippen LogP contribution is 2.08. The molecule has 4 heteroatoms. The SMILES string of the molecule is CCCN(CCN(C)C)Cc1ccc(C(=N)N)cc1. The highest BCUT2D eigenvalue weighted by Gasteiger charge is 2.06. The minimum atomic E-state index is 0.129. The predicted octanol–water partition coefficient (Wildman–Crippen LogP) is 1.74. The van der Waals surface area contributed by atoms with Crippen molar-refractivity contribution in [2.45, 2.75) is 19.9 Å². The Kier molecular flexibility index (Phi) is 6.53. The van der Waals surface area contributed by atoms with Gasteiger partial charge in [0.05, 0.1) is 0 Å². The standard InChI is InChI=1S/C15H26N4/c1-4-9-19(11-10-18(2)3)12-13-5-7-14(8-6-13)15(16)17/h5-8H,4,9-12H2,1-3H3,(H3,16,17). The van der Waals surface area contributed by atoms with Crippen LogP contribution in [0.4, 0.5) is 0 Å². The number of nitrogens with one attached hydrogen (secondary N) is 1. The summed E-state index contributed by atoms with van der Waals surface area (Å²) in [5.74, 6) is 0.129. The summed E-state index contributed by atoms with van der Waals surface area (Å²) in [6.45, 7) is 6.44. The number of nitrogens with two attached hydrogens (primary N) is 1. The normalized spacial score (nSPS) is 11.2. The van der Waals surface area contributed by atoms with Gasteiger partial charge in [-0.15, -0.1) is 0 Å². The van der Waals surface area contributed by atoms with Gasteiger partial charge in [0.2, 0.25) is 0 Å². The topological polar surface area (TPSA) is 56.4 Å². The van der Waals surface area contributed by atoms with Crippen LogP contribution in [-0.2, 0) is 6.54 Å². The molecule has 4 nitrogen and oxygen atoms in total. The largest absolute Gasteiger partial charge is 0.384 e. The minimum Gasteiger partial charge on any atom is -0.384 e. The summed E-state index contributed by atoms with van der Waals surface area (Å²) in [6.07, 6.45) is 1.17. The monoisotopic (exact) mass is 262 g/mol. The fourth-order valence-corrected chi connectivity index (χ4v) is 1.98. The van der Waals surface area contributed by atoms with Crippen LogP contribution in [0.3, 0.4) is 0 Å². The van der Waals surface area contributed by atoms with Crippen LogP contribution in [0, 0.1) is 5.41 Å². The zero-order chi connectivity index (χ0) is 14.3. The first-order valence-corrected chi connectivity index (χ1v) is 6.83. The Hall–Kier alpha value is -1.39. The molecule has 0 saturated heterocycles. The molecule has 0 aromatic heterocycles. The number of nitrogen functional groups attached to an aromatic ring is 1. The van der Waals surface area contributed by atoms with Gasteiger partial charge in [-0.1, -0.05) is 31.2 Å². The average molecular weight is 262 g/mol. The van der Waals surface area contributed by atoms with E-state index in [-0.39, 0.29) is 5.84 Å². The Morgan fingerprint density at radius 1 is 1.11 bits per heavy atom. The Morgan fingerprint density at radius 2 is 1.74 bits per heavy atom. The summed E-state index contributed by atoms with van der Waals surface area (Å²) in [4.78, 5) is 4.67. The average Bonchev–Trinajstić information content (AvgIpc) is 2.37. The molecule has 0 unspecified atom stereocenters. The molecule has 0 saturated carbocycles. The van der Waals surface area contributed by atoms with E-state index < -0.39 is 0 Å². The molecule has 1 aromatic carbocycles. The third-order valence-corrected chi connectivity index (χ3v) is 3.07. The van der Waals surface area contributed by atoms with Gasteiger partial charge < -0.3 is 10.6 Å². The van der Waals surface area contributed by atoms with Crippen molar-refractivity contribution in [3.8, 4) is 0 Å². The summed E-state index contributed by atoms with van der Waals surface area (Å²) in [7, 11) is 4.21. The Labute approximate surface area is 116 Å². The summed E-state index contributed by atoms with van der Waals surface area (Å²) < 4.78 is 0. The highest BCUT2D eigenvalue weighted by molar-refractivity contribution is 5.94. The van der Waals surface area contributed by atoms with Crippen molar-refractivity contribution in [2.24, 2.45) is 5.73 Å². The van der Waals surface area contributed by atoms with Gasteiger partial charge in [0.1, 0.15) is 5.84 Å². The molecule has 106 valence electrons. The van der Waals surface area contributed by atoms with Crippen LogP contribution >= 0.6 is 0 Å². The van der Waals surface area contributed by atoms with Crippen LogP contribution in [0.1, 0.15) is 24.5 Å². The van der Waals surface area contributed by atoms with Gasteiger partial charge in [0, 0.05) is 25.2 Å². The Bertz CT molecular complexity index is 384. The fourth-order valence-electron chi connectivity index (χ4n) is 1.98. The number of amidine groups is 1. The number of likely N-dealkylation sites (N-methyl/N-ethyl adjacent to an activating group) is 1. The Morgan fingerprint density at radius 3 is 2.21 bits per heavy atom. The van der Waals surface area contributed by atoms with Crippen molar-refractivity contribution in [3.05, 3.63) is 35.4 Å². The van der Waals surface area contributed by atoms with E-state index in [1.807, 2.05) is 12.1 Å². The number of benzene rings is 1. The van der Waals surface area contributed by atoms with Crippen LogP contribution < -0.4 is 5.73 Å². The summed E-state index contributed by atoms with van der Waals surface area (Å²) in [5, 5.41) is 7.39. The molecule has 3 N–H and O–H groups in total. The molecule has 1 rings (SSSR count). The van der Waals surface area contributed by atoms with Crippen molar-refractivity contribution in [2.75, 3.05) is 33.7 Å². The number of nitrogens with zero attached hydrogens (tertiary/aromatic N) is 2. The molecule has 0 aliphatic rings. The molecule has 0 atom stereocenters. The van der Waals surface area contributed by atoms with Crippen molar-refractivity contribution in [1.82, 2.24) is 9.80 Å². The first kappa shape index (κ1) is 15.7. The quantitative estimate of drug-likeness (QED) is 0.554. The zero-order valence-electron chi connectivity index (χ0n) is 12.3. The lowest BCUT2D eigenvalue weighted by Gasteiger charge is -2.23. The van der Waals surface area contributed by atoms with Crippen LogP contribution in [0.2, 0.25) is 0 Å². The van der Waals surface area contributed by atoms with E-state index in [1.165, 1.54) is 12.0 Å². The second-order valence-corrected chi connectivity index (χ2v) is 5.19. The molecule has 0 heterocycles. The number of hydrogen-bond acceptors (Lipinski definition) is 3. The highest BCUT2D eigenvalue weighted by atomic mass is 15.2. The zero-order valence-corrected chi connectivity index (χ0v) is 12.3. The maximum absolute atomic E-state index is 7.39. The van der Waals surface area contributed by atoms with Gasteiger partial charge in [-0.2, -0.15) is 0 Å². The van der Waals surface area contributed by atoms with Crippen molar-refractivity contribution in [3.63, 3.8) is 0 Å². The summed E-state index contributed by atoms with van der Waals surface area (Å²) in [6, 6.07) is 7.98. The lowest BCUT2D eigenvalue weighted by molar-refractivity contribution is 0.234. The van der Waals surface area contributed by atoms with Crippen LogP contribution in [0.15, 0.2) is 24.3 Å². The lowest BCUT2D eigenvalue weighted by Crippen LogP contribution is -2.32. The molecule has 0 aliphatic heterocycles. The van der Waals surface area contributed by atoms with Crippen molar-refractivity contribution >= 4 is 5.84 Å². The van der Waals surface area contributed by atoms with Gasteiger partial charge in [-0.05, 0) is 32.6 Å². The van der Waals surface area contributed by atoms with Gasteiger partial charge in [0.15, 0.2) is 0 Å². The maximum atomic E-state index is 7.39. The first-order valence-electron chi connectivity index (χ1n) is 6.83. The molecule has 1 aromatic rings. The van der Waals surface area contributed by atoms with E-state index in [1.54, 1.807) is 0 Å². The predicted molar refractivity (Wildman–Crippen MR) is 81.6 cm³/mol. The summed E-state index contributed by atoms with van der Waals surface area (Å²) in [5.41, 5.74) is 7.53. The molecular weight excluding hydrogens is 236 g/mol. The molecule has 19 heavy (non-hydrogen) atoms. The second kappa shape index (κ2) is 7.92. The van der Waals surface area contributed by atoms with E-state index in [9.17, 15) is 0 Å². The smallest absolute Gasteiger partial charge is 0.122 e. The maximum Gasteiger partial charge on any atom is 0.122 e. The first-order chi connectivity index (χ1) is 9.02. The van der Waals surface area contributed by atoms with Gasteiger partial charge in [0.25, 0.3) is 0 Å². The third kappa shape index (κ3) is 5.85. The van der Waals surface area contributed by atoms with Crippen molar-refractivity contribution in [1.29, 1.82) is 5.41 Å². The summed E-state index contributed by atoms with van der Waals surface area (Å²) >= 11 is 0.